The number of allylic oxidation sites excluding steroid dienone is 3. The lowest BCUT2D eigenvalue weighted by atomic mass is 9.83. The van der Waals surface area contributed by atoms with E-state index < -0.39 is 6.10 Å². The number of hydrogen-bond acceptors (Lipinski definition) is 2. The summed E-state index contributed by atoms with van der Waals surface area (Å²) in [5.74, 6) is 0.258. The minimum atomic E-state index is -0.588. The fraction of sp³-hybridized carbons (Fsp3) is 0.643. The molecule has 0 spiro atoms. The van der Waals surface area contributed by atoms with Gasteiger partial charge in [0, 0.05) is 12.3 Å². The van der Waals surface area contributed by atoms with E-state index in [0.29, 0.717) is 12.8 Å². The number of ketones is 1. The third-order valence-corrected chi connectivity index (χ3v) is 3.52. The first-order chi connectivity index (χ1) is 8.43. The molecule has 1 N–H and O–H groups in total. The molecule has 2 nitrogen and oxygen atoms in total. The molecule has 1 saturated carbocycles. The topological polar surface area (TPSA) is 37.3 Å². The molecule has 0 bridgehead atoms. The van der Waals surface area contributed by atoms with Crippen molar-refractivity contribution in [2.45, 2.75) is 39.2 Å². The maximum atomic E-state index is 11.7. The summed E-state index contributed by atoms with van der Waals surface area (Å²) in [7, 11) is 0. The molecule has 2 unspecified atom stereocenters. The van der Waals surface area contributed by atoms with E-state index in [4.69, 9.17) is 2.74 Å². The Bertz CT molecular complexity index is 346. The van der Waals surface area contributed by atoms with Crippen LogP contribution in [0.1, 0.15) is 35.9 Å². The molecular formula is C14H22O2. The van der Waals surface area contributed by atoms with Gasteiger partial charge in [0.25, 0.3) is 0 Å². The molecule has 2 heteroatoms. The summed E-state index contributed by atoms with van der Waals surface area (Å²) in [6, 6.07) is 0. The second-order valence-corrected chi connectivity index (χ2v) is 4.81. The molecule has 0 saturated heterocycles. The van der Waals surface area contributed by atoms with Crippen molar-refractivity contribution in [3.05, 3.63) is 24.8 Å². The lowest BCUT2D eigenvalue weighted by Gasteiger charge is -2.25. The highest BCUT2D eigenvalue weighted by Crippen LogP contribution is 2.34. The van der Waals surface area contributed by atoms with E-state index in [9.17, 15) is 9.90 Å². The van der Waals surface area contributed by atoms with Crippen molar-refractivity contribution in [1.29, 1.82) is 0 Å². The van der Waals surface area contributed by atoms with Crippen molar-refractivity contribution < 1.29 is 12.6 Å². The minimum Gasteiger partial charge on any atom is -0.392 e. The zero-order valence-electron chi connectivity index (χ0n) is 12.0. The molecule has 0 radical (unpaired) electrons. The molecule has 0 amide bonds. The monoisotopic (exact) mass is 224 g/mol. The molecule has 0 heterocycles. The van der Waals surface area contributed by atoms with Gasteiger partial charge in [0.1, 0.15) is 5.78 Å². The summed E-state index contributed by atoms with van der Waals surface area (Å²) in [5, 5.41) is 10.2. The van der Waals surface area contributed by atoms with E-state index in [1.807, 2.05) is 19.9 Å². The van der Waals surface area contributed by atoms with Crippen LogP contribution in [-0.4, -0.2) is 17.0 Å². The summed E-state index contributed by atoms with van der Waals surface area (Å²) < 4.78 is 13.8. The Hall–Kier alpha value is -0.890. The molecular weight excluding hydrogens is 200 g/mol. The normalized spacial score (nSPS) is 31.1. The van der Waals surface area contributed by atoms with E-state index in [2.05, 4.69) is 0 Å². The number of carbonyl (C=O) groups excluding carboxylic acids is 1. The fourth-order valence-corrected chi connectivity index (χ4v) is 2.42. The van der Waals surface area contributed by atoms with Crippen molar-refractivity contribution in [3.63, 3.8) is 0 Å². The smallest absolute Gasteiger partial charge is 0.138 e. The van der Waals surface area contributed by atoms with Crippen LogP contribution in [0.4, 0.5) is 0 Å². The summed E-state index contributed by atoms with van der Waals surface area (Å²) in [6.07, 6.45) is 6.42. The fourth-order valence-electron chi connectivity index (χ4n) is 2.42. The predicted octanol–water partition coefficient (Wildman–Crippen LogP) is 2.73. The molecule has 0 aromatic heterocycles. The maximum absolute atomic E-state index is 11.7. The molecule has 90 valence electrons. The van der Waals surface area contributed by atoms with Gasteiger partial charge in [0.2, 0.25) is 0 Å². The zero-order chi connectivity index (χ0) is 13.7. The van der Waals surface area contributed by atoms with E-state index in [1.54, 1.807) is 6.08 Å². The second kappa shape index (κ2) is 6.00. The number of carbonyl (C=O) groups is 1. The second-order valence-electron chi connectivity index (χ2n) is 4.81. The van der Waals surface area contributed by atoms with Gasteiger partial charge in [-0.3, -0.25) is 4.79 Å². The Morgan fingerprint density at radius 2 is 2.50 bits per heavy atom. The Morgan fingerprint density at radius 3 is 3.06 bits per heavy atom. The SMILES string of the molecule is [2H]C([2H])=C/C=C/C[C@@H](C)C(O)[C@H]1C(=O)CCC1C. The molecule has 0 aromatic rings. The van der Waals surface area contributed by atoms with Crippen molar-refractivity contribution in [2.24, 2.45) is 17.8 Å². The highest BCUT2D eigenvalue weighted by atomic mass is 16.3. The van der Waals surface area contributed by atoms with Crippen LogP contribution in [0.3, 0.4) is 0 Å². The number of Topliss-reactive ketones (excluding diaryl/α,β-unsaturated/α-hetero) is 1. The average molecular weight is 224 g/mol. The first-order valence-corrected chi connectivity index (χ1v) is 5.94. The van der Waals surface area contributed by atoms with Gasteiger partial charge in [-0.05, 0) is 24.7 Å². The average Bonchev–Trinajstić information content (AvgIpc) is 2.63. The predicted molar refractivity (Wildman–Crippen MR) is 66.0 cm³/mol. The van der Waals surface area contributed by atoms with Crippen molar-refractivity contribution in [1.82, 2.24) is 0 Å². The summed E-state index contributed by atoms with van der Waals surface area (Å²) in [5.41, 5.74) is 0. The van der Waals surface area contributed by atoms with E-state index in [-0.39, 0.29) is 30.1 Å². The van der Waals surface area contributed by atoms with Crippen LogP contribution in [0.15, 0.2) is 24.8 Å². The van der Waals surface area contributed by atoms with Crippen LogP contribution in [0.2, 0.25) is 0 Å². The van der Waals surface area contributed by atoms with Gasteiger partial charge >= 0.3 is 0 Å². The molecule has 1 aliphatic carbocycles. The van der Waals surface area contributed by atoms with Gasteiger partial charge < -0.3 is 5.11 Å². The van der Waals surface area contributed by atoms with Gasteiger partial charge in [0.15, 0.2) is 0 Å². The van der Waals surface area contributed by atoms with Crippen LogP contribution >= 0.6 is 0 Å². The van der Waals surface area contributed by atoms with E-state index >= 15 is 0 Å². The summed E-state index contributed by atoms with van der Waals surface area (Å²) >= 11 is 0. The van der Waals surface area contributed by atoms with Crippen LogP contribution < -0.4 is 0 Å². The first kappa shape index (κ1) is 10.3. The first-order valence-electron chi connectivity index (χ1n) is 6.94. The number of aliphatic hydroxyl groups excluding tert-OH is 1. The van der Waals surface area contributed by atoms with Crippen molar-refractivity contribution in [3.8, 4) is 0 Å². The molecule has 0 aliphatic heterocycles. The van der Waals surface area contributed by atoms with Gasteiger partial charge in [-0.25, -0.2) is 0 Å². The molecule has 0 aromatic carbocycles. The van der Waals surface area contributed by atoms with Crippen molar-refractivity contribution in [2.75, 3.05) is 0 Å². The van der Waals surface area contributed by atoms with Gasteiger partial charge in [-0.2, -0.15) is 0 Å². The Balaban J connectivity index is 2.51. The summed E-state index contributed by atoms with van der Waals surface area (Å²) in [4.78, 5) is 11.7. The Labute approximate surface area is 101 Å². The van der Waals surface area contributed by atoms with Gasteiger partial charge in [-0.15, -0.1) is 0 Å². The Kier molecular flexibility index (Phi) is 3.85. The van der Waals surface area contributed by atoms with Gasteiger partial charge in [-0.1, -0.05) is 38.6 Å². The van der Waals surface area contributed by atoms with Crippen LogP contribution in [0, 0.1) is 17.8 Å². The summed E-state index contributed by atoms with van der Waals surface area (Å²) in [6.45, 7) is 3.72. The van der Waals surface area contributed by atoms with Crippen LogP contribution in [-0.2, 0) is 4.79 Å². The van der Waals surface area contributed by atoms with Crippen LogP contribution in [0.25, 0.3) is 0 Å². The minimum absolute atomic E-state index is 0.0177. The maximum Gasteiger partial charge on any atom is 0.138 e. The Morgan fingerprint density at radius 1 is 1.75 bits per heavy atom. The number of aliphatic hydroxyl groups is 1. The molecule has 1 rings (SSSR count). The lowest BCUT2D eigenvalue weighted by molar-refractivity contribution is -0.125. The van der Waals surface area contributed by atoms with Crippen molar-refractivity contribution >= 4 is 5.78 Å². The zero-order valence-corrected chi connectivity index (χ0v) is 10.0. The molecule has 1 aliphatic rings. The lowest BCUT2D eigenvalue weighted by Crippen LogP contribution is -2.33. The standard InChI is InChI=1S/C14H22O2/c1-4-5-6-7-11(3)14(16)13-10(2)8-9-12(13)15/h4-6,10-11,13-14,16H,1,7-9H2,2-3H3/b6-5+/t10?,11-,13-,14?/m1/s1/i1D2. The highest BCUT2D eigenvalue weighted by Gasteiger charge is 2.38. The number of rotatable bonds is 5. The highest BCUT2D eigenvalue weighted by molar-refractivity contribution is 5.83. The molecule has 1 fully saturated rings. The van der Waals surface area contributed by atoms with E-state index in [1.165, 1.54) is 6.08 Å². The van der Waals surface area contributed by atoms with Gasteiger partial charge in [0.05, 0.1) is 8.85 Å². The quantitative estimate of drug-likeness (QED) is 0.729. The van der Waals surface area contributed by atoms with E-state index in [0.717, 1.165) is 6.42 Å². The molecule has 16 heavy (non-hydrogen) atoms. The third kappa shape index (κ3) is 3.05. The largest absolute Gasteiger partial charge is 0.392 e. The number of hydrogen-bond donors (Lipinski definition) is 1. The third-order valence-electron chi connectivity index (χ3n) is 3.52. The molecule has 4 atom stereocenters. The van der Waals surface area contributed by atoms with Crippen LogP contribution in [0.5, 0.6) is 0 Å².